The van der Waals surface area contributed by atoms with E-state index in [1.807, 2.05) is 13.8 Å². The third kappa shape index (κ3) is 4.46. The number of aryl methyl sites for hydroxylation is 1. The van der Waals surface area contributed by atoms with Crippen LogP contribution in [0.4, 0.5) is 5.69 Å². The summed E-state index contributed by atoms with van der Waals surface area (Å²) in [6, 6.07) is 3.11. The van der Waals surface area contributed by atoms with Crippen molar-refractivity contribution in [2.24, 2.45) is 0 Å². The van der Waals surface area contributed by atoms with Gasteiger partial charge in [-0.05, 0) is 37.1 Å². The molecule has 1 rings (SSSR count). The first kappa shape index (κ1) is 15.9. The Hall–Kier alpha value is -1.16. The Labute approximate surface area is 119 Å². The number of terminal acetylenes is 1. The molecule has 0 heterocycles. The van der Waals surface area contributed by atoms with Crippen LogP contribution in [0.2, 0.25) is 0 Å². The van der Waals surface area contributed by atoms with Crippen molar-refractivity contribution in [2.75, 3.05) is 23.8 Å². The Morgan fingerprint density at radius 1 is 1.42 bits per heavy atom. The molecule has 1 aromatic carbocycles. The Morgan fingerprint density at radius 2 is 2.11 bits per heavy atom. The van der Waals surface area contributed by atoms with Gasteiger partial charge in [0.25, 0.3) is 0 Å². The second-order valence-electron chi connectivity index (χ2n) is 4.11. The van der Waals surface area contributed by atoms with Crippen LogP contribution in [0.15, 0.2) is 17.0 Å². The molecule has 104 valence electrons. The van der Waals surface area contributed by atoms with E-state index < -0.39 is 10.0 Å². The number of thioether (sulfide) groups is 1. The zero-order chi connectivity index (χ0) is 14.5. The number of nitrogens with one attached hydrogen (secondary N) is 1. The summed E-state index contributed by atoms with van der Waals surface area (Å²) in [4.78, 5) is 0.204. The van der Waals surface area contributed by atoms with E-state index in [1.165, 1.54) is 17.8 Å². The van der Waals surface area contributed by atoms with E-state index in [9.17, 15) is 8.42 Å². The monoisotopic (exact) mass is 298 g/mol. The summed E-state index contributed by atoms with van der Waals surface area (Å²) in [5.41, 5.74) is 8.05. The molecule has 0 saturated heterocycles. The van der Waals surface area contributed by atoms with Crippen LogP contribution in [0.5, 0.6) is 0 Å². The van der Waals surface area contributed by atoms with E-state index in [0.717, 1.165) is 11.1 Å². The number of anilines is 1. The molecule has 0 saturated carbocycles. The van der Waals surface area contributed by atoms with Crippen molar-refractivity contribution in [1.82, 2.24) is 4.72 Å². The lowest BCUT2D eigenvalue weighted by molar-refractivity contribution is 0.584. The normalized spacial score (nSPS) is 11.2. The van der Waals surface area contributed by atoms with E-state index in [0.29, 0.717) is 23.7 Å². The second kappa shape index (κ2) is 6.85. The fourth-order valence-corrected chi connectivity index (χ4v) is 3.26. The van der Waals surface area contributed by atoms with Gasteiger partial charge in [-0.1, -0.05) is 5.92 Å². The molecule has 0 atom stereocenters. The molecule has 0 bridgehead atoms. The van der Waals surface area contributed by atoms with Gasteiger partial charge in [-0.25, -0.2) is 13.1 Å². The van der Waals surface area contributed by atoms with E-state index >= 15 is 0 Å². The molecule has 0 spiro atoms. The summed E-state index contributed by atoms with van der Waals surface area (Å²) >= 11 is 1.51. The van der Waals surface area contributed by atoms with E-state index in [1.54, 1.807) is 6.07 Å². The van der Waals surface area contributed by atoms with Crippen LogP contribution in [-0.2, 0) is 10.0 Å². The van der Waals surface area contributed by atoms with Gasteiger partial charge in [0, 0.05) is 18.0 Å². The Bertz CT molecular complexity index is 566. The highest BCUT2D eigenvalue weighted by Gasteiger charge is 2.15. The Morgan fingerprint density at radius 3 is 2.68 bits per heavy atom. The van der Waals surface area contributed by atoms with Crippen molar-refractivity contribution in [2.45, 2.75) is 18.7 Å². The van der Waals surface area contributed by atoms with Gasteiger partial charge in [-0.2, -0.15) is 0 Å². The van der Waals surface area contributed by atoms with Gasteiger partial charge >= 0.3 is 0 Å². The predicted molar refractivity (Wildman–Crippen MR) is 81.7 cm³/mol. The molecule has 0 aliphatic carbocycles. The van der Waals surface area contributed by atoms with Gasteiger partial charge in [0.1, 0.15) is 0 Å². The highest BCUT2D eigenvalue weighted by molar-refractivity contribution is 7.99. The third-order valence-corrected chi connectivity index (χ3v) is 5.02. The zero-order valence-corrected chi connectivity index (χ0v) is 12.7. The van der Waals surface area contributed by atoms with Crippen molar-refractivity contribution < 1.29 is 8.42 Å². The minimum atomic E-state index is -3.50. The number of nitrogens with two attached hydrogens (primary N) is 1. The highest BCUT2D eigenvalue weighted by atomic mass is 32.2. The number of benzene rings is 1. The summed E-state index contributed by atoms with van der Waals surface area (Å²) in [7, 11) is -3.50. The first-order valence-corrected chi connectivity index (χ1v) is 8.40. The fourth-order valence-electron chi connectivity index (χ4n) is 1.47. The maximum Gasteiger partial charge on any atom is 0.240 e. The molecule has 0 aromatic heterocycles. The Kier molecular flexibility index (Phi) is 5.73. The average molecular weight is 298 g/mol. The standard InChI is InChI=1S/C13H18N2O2S2/c1-4-6-18-7-5-15-19(16,17)12-8-10(2)11(3)13(14)9-12/h1,8-9,15H,5-7,14H2,2-3H3. The topological polar surface area (TPSA) is 72.2 Å². The molecule has 3 N–H and O–H groups in total. The number of rotatable bonds is 6. The number of sulfonamides is 1. The number of hydrogen-bond acceptors (Lipinski definition) is 4. The Balaban J connectivity index is 2.76. The van der Waals surface area contributed by atoms with Crippen molar-refractivity contribution in [3.63, 3.8) is 0 Å². The van der Waals surface area contributed by atoms with E-state index in [4.69, 9.17) is 12.2 Å². The van der Waals surface area contributed by atoms with Crippen LogP contribution in [0.3, 0.4) is 0 Å². The predicted octanol–water partition coefficient (Wildman–Crippen LogP) is 1.53. The van der Waals surface area contributed by atoms with Gasteiger partial charge in [0.2, 0.25) is 10.0 Å². The van der Waals surface area contributed by atoms with Crippen molar-refractivity contribution >= 4 is 27.5 Å². The molecule has 6 heteroatoms. The number of nitrogen functional groups attached to an aromatic ring is 1. The summed E-state index contributed by atoms with van der Waals surface area (Å²) in [6.07, 6.45) is 5.11. The van der Waals surface area contributed by atoms with Gasteiger partial charge in [0.15, 0.2) is 0 Å². The van der Waals surface area contributed by atoms with E-state index in [2.05, 4.69) is 10.6 Å². The SMILES string of the molecule is C#CCSCCNS(=O)(=O)c1cc(C)c(C)c(N)c1. The summed E-state index contributed by atoms with van der Waals surface area (Å²) in [6.45, 7) is 4.06. The van der Waals surface area contributed by atoms with Crippen LogP contribution in [-0.4, -0.2) is 26.5 Å². The van der Waals surface area contributed by atoms with Gasteiger partial charge in [-0.15, -0.1) is 18.2 Å². The van der Waals surface area contributed by atoms with Crippen LogP contribution < -0.4 is 10.5 Å². The van der Waals surface area contributed by atoms with Crippen molar-refractivity contribution in [3.8, 4) is 12.3 Å². The van der Waals surface area contributed by atoms with Gasteiger partial charge in [-0.3, -0.25) is 0 Å². The van der Waals surface area contributed by atoms with E-state index in [-0.39, 0.29) is 4.90 Å². The minimum Gasteiger partial charge on any atom is -0.398 e. The summed E-state index contributed by atoms with van der Waals surface area (Å²) < 4.78 is 26.7. The quantitative estimate of drug-likeness (QED) is 0.474. The second-order valence-corrected chi connectivity index (χ2v) is 6.98. The largest absolute Gasteiger partial charge is 0.398 e. The van der Waals surface area contributed by atoms with Crippen molar-refractivity contribution in [3.05, 3.63) is 23.3 Å². The first-order valence-electron chi connectivity index (χ1n) is 5.76. The average Bonchev–Trinajstić information content (AvgIpc) is 2.35. The number of hydrogen-bond donors (Lipinski definition) is 2. The molecular formula is C13H18N2O2S2. The van der Waals surface area contributed by atoms with Crippen LogP contribution >= 0.6 is 11.8 Å². The summed E-state index contributed by atoms with van der Waals surface area (Å²) in [5.74, 6) is 3.71. The first-order chi connectivity index (χ1) is 8.88. The van der Waals surface area contributed by atoms with Crippen LogP contribution in [0.1, 0.15) is 11.1 Å². The fraction of sp³-hybridized carbons (Fsp3) is 0.385. The molecule has 19 heavy (non-hydrogen) atoms. The lowest BCUT2D eigenvalue weighted by Crippen LogP contribution is -2.26. The smallest absolute Gasteiger partial charge is 0.240 e. The molecule has 0 fully saturated rings. The maximum atomic E-state index is 12.1. The molecule has 0 amide bonds. The lowest BCUT2D eigenvalue weighted by Gasteiger charge is -2.10. The molecule has 0 aliphatic rings. The zero-order valence-electron chi connectivity index (χ0n) is 11.1. The summed E-state index contributed by atoms with van der Waals surface area (Å²) in [5, 5.41) is 0. The molecular weight excluding hydrogens is 280 g/mol. The van der Waals surface area contributed by atoms with Gasteiger partial charge < -0.3 is 5.73 Å². The van der Waals surface area contributed by atoms with Crippen molar-refractivity contribution in [1.29, 1.82) is 0 Å². The lowest BCUT2D eigenvalue weighted by atomic mass is 10.1. The van der Waals surface area contributed by atoms with Crippen LogP contribution in [0, 0.1) is 26.2 Å². The molecule has 1 aromatic rings. The molecule has 0 aliphatic heterocycles. The molecule has 0 unspecified atom stereocenters. The maximum absolute atomic E-state index is 12.1. The van der Waals surface area contributed by atoms with Gasteiger partial charge in [0.05, 0.1) is 10.6 Å². The van der Waals surface area contributed by atoms with Crippen LogP contribution in [0.25, 0.3) is 0 Å². The minimum absolute atomic E-state index is 0.204. The highest BCUT2D eigenvalue weighted by Crippen LogP contribution is 2.21. The molecule has 0 radical (unpaired) electrons. The molecule has 4 nitrogen and oxygen atoms in total. The third-order valence-electron chi connectivity index (χ3n) is 2.72.